The van der Waals surface area contributed by atoms with Gasteiger partial charge in [0.05, 0.1) is 6.61 Å². The summed E-state index contributed by atoms with van der Waals surface area (Å²) >= 11 is 0. The van der Waals surface area contributed by atoms with Gasteiger partial charge in [-0.3, -0.25) is 4.79 Å². The molecule has 5 heteroatoms. The molecule has 2 unspecified atom stereocenters. The van der Waals surface area contributed by atoms with Crippen molar-refractivity contribution in [3.8, 4) is 5.75 Å². The summed E-state index contributed by atoms with van der Waals surface area (Å²) in [7, 11) is 0. The summed E-state index contributed by atoms with van der Waals surface area (Å²) < 4.78 is 11.0. The lowest BCUT2D eigenvalue weighted by Crippen LogP contribution is -2.40. The fraction of sp³-hybridized carbons (Fsp3) is 0.588. The number of hydrogen-bond acceptors (Lipinski definition) is 4. The van der Waals surface area contributed by atoms with Crippen molar-refractivity contribution in [2.24, 2.45) is 0 Å². The minimum atomic E-state index is 0.0917. The number of benzene rings is 1. The molecule has 1 aromatic rings. The molecule has 0 saturated carbocycles. The highest BCUT2D eigenvalue weighted by molar-refractivity contribution is 5.77. The Kier molecular flexibility index (Phi) is 5.29. The number of ether oxygens (including phenoxy) is 2. The zero-order valence-electron chi connectivity index (χ0n) is 12.9. The number of likely N-dealkylation sites (tertiary alicyclic amines) is 1. The maximum atomic E-state index is 12.2. The molecule has 0 aromatic heterocycles. The molecule has 1 amide bonds. The van der Waals surface area contributed by atoms with E-state index in [1.165, 1.54) is 12.8 Å². The molecule has 2 atom stereocenters. The van der Waals surface area contributed by atoms with Crippen LogP contribution in [0, 0.1) is 0 Å². The first-order chi connectivity index (χ1) is 10.8. The summed E-state index contributed by atoms with van der Waals surface area (Å²) in [6.07, 6.45) is 3.49. The number of amides is 1. The van der Waals surface area contributed by atoms with E-state index in [1.807, 2.05) is 35.2 Å². The van der Waals surface area contributed by atoms with Crippen LogP contribution in [0.3, 0.4) is 0 Å². The van der Waals surface area contributed by atoms with Gasteiger partial charge in [-0.25, -0.2) is 0 Å². The molecule has 120 valence electrons. The largest absolute Gasteiger partial charge is 0.491 e. The summed E-state index contributed by atoms with van der Waals surface area (Å²) in [5, 5.41) is 3.58. The molecule has 0 aliphatic carbocycles. The zero-order valence-corrected chi connectivity index (χ0v) is 12.9. The maximum Gasteiger partial charge on any atom is 0.248 e. The number of nitrogens with zero attached hydrogens (tertiary/aromatic N) is 1. The van der Waals surface area contributed by atoms with Gasteiger partial charge in [0.15, 0.2) is 0 Å². The Morgan fingerprint density at radius 1 is 1.14 bits per heavy atom. The predicted octanol–water partition coefficient (Wildman–Crippen LogP) is 1.43. The van der Waals surface area contributed by atoms with E-state index in [4.69, 9.17) is 9.47 Å². The highest BCUT2D eigenvalue weighted by atomic mass is 16.5. The van der Waals surface area contributed by atoms with E-state index in [-0.39, 0.29) is 12.5 Å². The third-order valence-electron chi connectivity index (χ3n) is 4.34. The van der Waals surface area contributed by atoms with Crippen molar-refractivity contribution in [3.63, 3.8) is 0 Å². The maximum absolute atomic E-state index is 12.2. The fourth-order valence-electron chi connectivity index (χ4n) is 3.16. The summed E-state index contributed by atoms with van der Waals surface area (Å²) in [6.45, 7) is 2.70. The van der Waals surface area contributed by atoms with Gasteiger partial charge in [-0.05, 0) is 31.4 Å². The lowest BCUT2D eigenvalue weighted by atomic mass is 10.1. The van der Waals surface area contributed by atoms with E-state index in [2.05, 4.69) is 5.32 Å². The summed E-state index contributed by atoms with van der Waals surface area (Å²) in [6, 6.07) is 10.7. The second-order valence-corrected chi connectivity index (χ2v) is 5.98. The van der Waals surface area contributed by atoms with E-state index in [0.29, 0.717) is 25.3 Å². The first kappa shape index (κ1) is 15.3. The molecule has 2 bridgehead atoms. The minimum Gasteiger partial charge on any atom is -0.491 e. The lowest BCUT2D eigenvalue weighted by molar-refractivity contribution is -0.136. The molecule has 0 spiro atoms. The molecule has 1 aromatic carbocycles. The van der Waals surface area contributed by atoms with Crippen molar-refractivity contribution in [2.75, 3.05) is 32.9 Å². The summed E-state index contributed by atoms with van der Waals surface area (Å²) in [4.78, 5) is 14.1. The van der Waals surface area contributed by atoms with Gasteiger partial charge < -0.3 is 19.7 Å². The second-order valence-electron chi connectivity index (χ2n) is 5.98. The van der Waals surface area contributed by atoms with E-state index in [0.717, 1.165) is 25.3 Å². The molecule has 3 rings (SSSR count). The highest BCUT2D eigenvalue weighted by Gasteiger charge is 2.30. The number of rotatable bonds is 6. The van der Waals surface area contributed by atoms with E-state index in [1.54, 1.807) is 0 Å². The summed E-state index contributed by atoms with van der Waals surface area (Å²) in [5.41, 5.74) is 0. The van der Waals surface area contributed by atoms with Crippen molar-refractivity contribution < 1.29 is 14.3 Å². The smallest absolute Gasteiger partial charge is 0.248 e. The molecule has 2 saturated heterocycles. The van der Waals surface area contributed by atoms with Crippen LogP contribution >= 0.6 is 0 Å². The van der Waals surface area contributed by atoms with Crippen LogP contribution in [0.4, 0.5) is 0 Å². The Hall–Kier alpha value is -1.59. The molecule has 2 aliphatic heterocycles. The molecule has 2 fully saturated rings. The van der Waals surface area contributed by atoms with Gasteiger partial charge in [0.2, 0.25) is 5.91 Å². The molecule has 1 N–H and O–H groups in total. The third-order valence-corrected chi connectivity index (χ3v) is 4.34. The van der Waals surface area contributed by atoms with Crippen LogP contribution in [0.15, 0.2) is 30.3 Å². The van der Waals surface area contributed by atoms with Gasteiger partial charge in [-0.15, -0.1) is 0 Å². The van der Waals surface area contributed by atoms with Crippen molar-refractivity contribution in [1.82, 2.24) is 10.2 Å². The average Bonchev–Trinajstić information content (AvgIpc) is 2.87. The van der Waals surface area contributed by atoms with Crippen LogP contribution in [0.1, 0.15) is 19.3 Å². The zero-order chi connectivity index (χ0) is 15.2. The van der Waals surface area contributed by atoms with Crippen LogP contribution in [-0.2, 0) is 9.53 Å². The van der Waals surface area contributed by atoms with Crippen molar-refractivity contribution >= 4 is 5.91 Å². The monoisotopic (exact) mass is 304 g/mol. The van der Waals surface area contributed by atoms with Gasteiger partial charge in [-0.1, -0.05) is 18.2 Å². The average molecular weight is 304 g/mol. The quantitative estimate of drug-likeness (QED) is 0.808. The molecule has 0 radical (unpaired) electrons. The Balaban J connectivity index is 1.32. The topological polar surface area (TPSA) is 50.8 Å². The van der Waals surface area contributed by atoms with Crippen LogP contribution < -0.4 is 10.1 Å². The molecular weight excluding hydrogens is 280 g/mol. The van der Waals surface area contributed by atoms with Gasteiger partial charge in [-0.2, -0.15) is 0 Å². The van der Waals surface area contributed by atoms with Gasteiger partial charge in [0.25, 0.3) is 0 Å². The molecule has 2 aliphatic rings. The van der Waals surface area contributed by atoms with Crippen molar-refractivity contribution in [3.05, 3.63) is 30.3 Å². The van der Waals surface area contributed by atoms with Crippen molar-refractivity contribution in [2.45, 2.75) is 31.3 Å². The van der Waals surface area contributed by atoms with Crippen LogP contribution in [0.2, 0.25) is 0 Å². The summed E-state index contributed by atoms with van der Waals surface area (Å²) in [5.74, 6) is 0.918. The Morgan fingerprint density at radius 2 is 1.95 bits per heavy atom. The van der Waals surface area contributed by atoms with Crippen LogP contribution in [0.5, 0.6) is 5.75 Å². The Labute approximate surface area is 131 Å². The number of carbonyl (C=O) groups is 1. The first-order valence-corrected chi connectivity index (χ1v) is 8.10. The van der Waals surface area contributed by atoms with Gasteiger partial charge in [0, 0.05) is 25.2 Å². The normalized spacial score (nSPS) is 24.1. The number of carbonyl (C=O) groups excluding carboxylic acids is 1. The minimum absolute atomic E-state index is 0.0917. The third kappa shape index (κ3) is 4.21. The predicted molar refractivity (Wildman–Crippen MR) is 83.9 cm³/mol. The number of fused-ring (bicyclic) bond motifs is 2. The van der Waals surface area contributed by atoms with E-state index >= 15 is 0 Å². The first-order valence-electron chi connectivity index (χ1n) is 8.10. The van der Waals surface area contributed by atoms with Crippen molar-refractivity contribution in [1.29, 1.82) is 0 Å². The second kappa shape index (κ2) is 7.61. The Morgan fingerprint density at radius 3 is 2.82 bits per heavy atom. The van der Waals surface area contributed by atoms with Crippen LogP contribution in [0.25, 0.3) is 0 Å². The number of nitrogens with one attached hydrogen (secondary N) is 1. The standard InChI is InChI=1S/C17H24N2O3/c20-17(19-9-8-14-6-7-15(12-19)18-14)13-21-10-11-22-16-4-2-1-3-5-16/h1-5,14-15,18H,6-13H2. The molecular formula is C17H24N2O3. The fourth-order valence-corrected chi connectivity index (χ4v) is 3.16. The van der Waals surface area contributed by atoms with Gasteiger partial charge >= 0.3 is 0 Å². The SMILES string of the molecule is O=C(COCCOc1ccccc1)N1CCC2CCC(C1)N2. The molecule has 2 heterocycles. The highest BCUT2D eigenvalue weighted by Crippen LogP contribution is 2.20. The van der Waals surface area contributed by atoms with E-state index in [9.17, 15) is 4.79 Å². The Bertz CT molecular complexity index is 480. The van der Waals surface area contributed by atoms with Gasteiger partial charge in [0.1, 0.15) is 19.0 Å². The number of hydrogen-bond donors (Lipinski definition) is 1. The molecule has 22 heavy (non-hydrogen) atoms. The lowest BCUT2D eigenvalue weighted by Gasteiger charge is -2.24. The molecule has 5 nitrogen and oxygen atoms in total. The van der Waals surface area contributed by atoms with E-state index < -0.39 is 0 Å². The number of para-hydroxylation sites is 1. The van der Waals surface area contributed by atoms with Crippen LogP contribution in [-0.4, -0.2) is 55.8 Å².